The summed E-state index contributed by atoms with van der Waals surface area (Å²) in [5.41, 5.74) is 2.31. The molecule has 6 heteroatoms. The Morgan fingerprint density at radius 2 is 2.03 bits per heavy atom. The summed E-state index contributed by atoms with van der Waals surface area (Å²) < 4.78 is 16.8. The lowest BCUT2D eigenvalue weighted by molar-refractivity contribution is 0.0663. The highest BCUT2D eigenvalue weighted by atomic mass is 16.5. The van der Waals surface area contributed by atoms with Crippen LogP contribution in [0.15, 0.2) is 64.3 Å². The first-order valence-corrected chi connectivity index (χ1v) is 9.76. The van der Waals surface area contributed by atoms with E-state index in [1.807, 2.05) is 37.3 Å². The minimum absolute atomic E-state index is 0.0925. The fourth-order valence-corrected chi connectivity index (χ4v) is 3.83. The molecule has 0 fully saturated rings. The first-order chi connectivity index (χ1) is 14.5. The standard InChI is InChI=1S/C24H23NO5/c1-4-11-29-17-7-5-6-16(14-17)21-20-22(26)18-13-15(2)8-9-19(18)30-23(20)24(27)25(21)10-12-28-3/h4-9,13-14,21H,1,10-12H2,2-3H3/t21-/m1/s1. The maximum atomic E-state index is 13.5. The third-order valence-electron chi connectivity index (χ3n) is 5.20. The number of benzene rings is 2. The van der Waals surface area contributed by atoms with Crippen molar-refractivity contribution >= 4 is 16.9 Å². The molecular formula is C24H23NO5. The van der Waals surface area contributed by atoms with E-state index < -0.39 is 6.04 Å². The maximum absolute atomic E-state index is 13.5. The molecule has 2 aromatic carbocycles. The summed E-state index contributed by atoms with van der Waals surface area (Å²) in [6.45, 7) is 6.62. The zero-order valence-electron chi connectivity index (χ0n) is 17.0. The quantitative estimate of drug-likeness (QED) is 0.559. The number of carbonyl (C=O) groups is 1. The number of hydrogen-bond acceptors (Lipinski definition) is 5. The molecule has 1 atom stereocenters. The van der Waals surface area contributed by atoms with Crippen molar-refractivity contribution < 1.29 is 18.7 Å². The molecule has 0 N–H and O–H groups in total. The van der Waals surface area contributed by atoms with Gasteiger partial charge < -0.3 is 18.8 Å². The lowest BCUT2D eigenvalue weighted by atomic mass is 9.98. The Labute approximate surface area is 174 Å². The van der Waals surface area contributed by atoms with Gasteiger partial charge in [-0.05, 0) is 36.8 Å². The molecule has 6 nitrogen and oxygen atoms in total. The van der Waals surface area contributed by atoms with Crippen LogP contribution in [0.3, 0.4) is 0 Å². The van der Waals surface area contributed by atoms with Gasteiger partial charge in [0.15, 0.2) is 5.43 Å². The Balaban J connectivity index is 1.91. The highest BCUT2D eigenvalue weighted by Gasteiger charge is 2.42. The number of carbonyl (C=O) groups excluding carboxylic acids is 1. The fraction of sp³-hybridized carbons (Fsp3) is 0.250. The van der Waals surface area contributed by atoms with Crippen molar-refractivity contribution in [3.8, 4) is 5.75 Å². The van der Waals surface area contributed by atoms with Gasteiger partial charge in [-0.2, -0.15) is 0 Å². The van der Waals surface area contributed by atoms with Crippen LogP contribution in [0.2, 0.25) is 0 Å². The number of fused-ring (bicyclic) bond motifs is 2. The lowest BCUT2D eigenvalue weighted by Gasteiger charge is -2.25. The predicted molar refractivity (Wildman–Crippen MR) is 114 cm³/mol. The molecule has 0 radical (unpaired) electrons. The monoisotopic (exact) mass is 405 g/mol. The van der Waals surface area contributed by atoms with E-state index in [1.54, 1.807) is 30.2 Å². The molecule has 154 valence electrons. The molecule has 0 saturated carbocycles. The van der Waals surface area contributed by atoms with Crippen LogP contribution in [0, 0.1) is 6.92 Å². The molecule has 0 unspecified atom stereocenters. The molecule has 0 aliphatic carbocycles. The third-order valence-corrected chi connectivity index (χ3v) is 5.20. The number of aryl methyl sites for hydroxylation is 1. The normalized spacial score (nSPS) is 15.5. The molecule has 1 aliphatic heterocycles. The van der Waals surface area contributed by atoms with E-state index in [1.165, 1.54) is 0 Å². The van der Waals surface area contributed by atoms with Gasteiger partial charge in [-0.1, -0.05) is 36.4 Å². The number of ether oxygens (including phenoxy) is 2. The largest absolute Gasteiger partial charge is 0.490 e. The Morgan fingerprint density at radius 1 is 1.20 bits per heavy atom. The van der Waals surface area contributed by atoms with Crippen molar-refractivity contribution in [3.63, 3.8) is 0 Å². The van der Waals surface area contributed by atoms with Gasteiger partial charge >= 0.3 is 0 Å². The molecule has 2 heterocycles. The first-order valence-electron chi connectivity index (χ1n) is 9.76. The van der Waals surface area contributed by atoms with Crippen LogP contribution >= 0.6 is 0 Å². The summed E-state index contributed by atoms with van der Waals surface area (Å²) >= 11 is 0. The van der Waals surface area contributed by atoms with Crippen molar-refractivity contribution in [2.24, 2.45) is 0 Å². The topological polar surface area (TPSA) is 69.0 Å². The second-order valence-corrected chi connectivity index (χ2v) is 7.24. The molecule has 4 rings (SSSR count). The minimum atomic E-state index is -0.573. The average Bonchev–Trinajstić information content (AvgIpc) is 3.03. The van der Waals surface area contributed by atoms with Crippen LogP contribution < -0.4 is 10.2 Å². The van der Waals surface area contributed by atoms with E-state index >= 15 is 0 Å². The molecule has 1 aliphatic rings. The highest BCUT2D eigenvalue weighted by molar-refractivity contribution is 5.99. The summed E-state index contributed by atoms with van der Waals surface area (Å²) in [6.07, 6.45) is 1.66. The van der Waals surface area contributed by atoms with E-state index in [4.69, 9.17) is 13.9 Å². The predicted octanol–water partition coefficient (Wildman–Crippen LogP) is 3.86. The molecule has 1 amide bonds. The summed E-state index contributed by atoms with van der Waals surface area (Å²) in [5.74, 6) is 0.417. The molecular weight excluding hydrogens is 382 g/mol. The van der Waals surface area contributed by atoms with Crippen molar-refractivity contribution in [1.82, 2.24) is 4.90 Å². The summed E-state index contributed by atoms with van der Waals surface area (Å²) in [5, 5.41) is 0.471. The number of amides is 1. The molecule has 1 aromatic heterocycles. The van der Waals surface area contributed by atoms with E-state index in [0.29, 0.717) is 42.0 Å². The van der Waals surface area contributed by atoms with Crippen molar-refractivity contribution in [2.45, 2.75) is 13.0 Å². The second kappa shape index (κ2) is 8.16. The Morgan fingerprint density at radius 3 is 2.80 bits per heavy atom. The third kappa shape index (κ3) is 3.39. The number of methoxy groups -OCH3 is 1. The summed E-state index contributed by atoms with van der Waals surface area (Å²) in [7, 11) is 1.58. The van der Waals surface area contributed by atoms with Gasteiger partial charge in [0.25, 0.3) is 5.91 Å². The van der Waals surface area contributed by atoms with Crippen LogP contribution in [-0.4, -0.2) is 37.7 Å². The van der Waals surface area contributed by atoms with Gasteiger partial charge in [-0.15, -0.1) is 0 Å². The molecule has 30 heavy (non-hydrogen) atoms. The zero-order valence-corrected chi connectivity index (χ0v) is 17.0. The second-order valence-electron chi connectivity index (χ2n) is 7.24. The molecule has 0 saturated heterocycles. The fourth-order valence-electron chi connectivity index (χ4n) is 3.83. The van der Waals surface area contributed by atoms with Gasteiger partial charge in [0.05, 0.1) is 23.6 Å². The van der Waals surface area contributed by atoms with Gasteiger partial charge in [0.1, 0.15) is 17.9 Å². The number of hydrogen-bond donors (Lipinski definition) is 0. The maximum Gasteiger partial charge on any atom is 0.290 e. The molecule has 0 spiro atoms. The SMILES string of the molecule is C=CCOc1cccc([C@@H]2c3c(oc4ccc(C)cc4c3=O)C(=O)N2CCOC)c1. The van der Waals surface area contributed by atoms with Gasteiger partial charge in [-0.25, -0.2) is 0 Å². The number of rotatable bonds is 7. The van der Waals surface area contributed by atoms with Gasteiger partial charge in [0.2, 0.25) is 5.76 Å². The molecule has 3 aromatic rings. The van der Waals surface area contributed by atoms with Crippen molar-refractivity contribution in [1.29, 1.82) is 0 Å². The number of nitrogens with zero attached hydrogens (tertiary/aromatic N) is 1. The smallest absolute Gasteiger partial charge is 0.290 e. The van der Waals surface area contributed by atoms with Gasteiger partial charge in [-0.3, -0.25) is 9.59 Å². The van der Waals surface area contributed by atoms with Crippen molar-refractivity contribution in [3.05, 3.63) is 87.8 Å². The van der Waals surface area contributed by atoms with Crippen LogP contribution in [0.4, 0.5) is 0 Å². The van der Waals surface area contributed by atoms with Crippen LogP contribution in [0.25, 0.3) is 11.0 Å². The summed E-state index contributed by atoms with van der Waals surface area (Å²) in [4.78, 5) is 28.3. The van der Waals surface area contributed by atoms with Crippen LogP contribution in [-0.2, 0) is 4.74 Å². The van der Waals surface area contributed by atoms with E-state index in [-0.39, 0.29) is 17.1 Å². The Hall–Kier alpha value is -3.38. The minimum Gasteiger partial charge on any atom is -0.490 e. The van der Waals surface area contributed by atoms with E-state index in [9.17, 15) is 9.59 Å². The first kappa shape index (κ1) is 19.9. The van der Waals surface area contributed by atoms with E-state index in [0.717, 1.165) is 11.1 Å². The molecule has 0 bridgehead atoms. The summed E-state index contributed by atoms with van der Waals surface area (Å²) in [6, 6.07) is 12.2. The Bertz CT molecular complexity index is 1180. The Kier molecular flexibility index (Phi) is 5.42. The van der Waals surface area contributed by atoms with Gasteiger partial charge in [0, 0.05) is 13.7 Å². The zero-order chi connectivity index (χ0) is 21.3. The van der Waals surface area contributed by atoms with Crippen LogP contribution in [0.1, 0.15) is 33.3 Å². The van der Waals surface area contributed by atoms with E-state index in [2.05, 4.69) is 6.58 Å². The highest BCUT2D eigenvalue weighted by Crippen LogP contribution is 2.38. The lowest BCUT2D eigenvalue weighted by Crippen LogP contribution is -2.32. The van der Waals surface area contributed by atoms with Crippen LogP contribution in [0.5, 0.6) is 5.75 Å². The van der Waals surface area contributed by atoms with Crippen molar-refractivity contribution in [2.75, 3.05) is 26.9 Å². The average molecular weight is 405 g/mol.